The summed E-state index contributed by atoms with van der Waals surface area (Å²) in [5.74, 6) is 0.627. The van der Waals surface area contributed by atoms with Crippen LogP contribution in [0.15, 0.2) is 16.4 Å². The van der Waals surface area contributed by atoms with Crippen molar-refractivity contribution in [1.29, 1.82) is 0 Å². The molecule has 60 valence electrons. The minimum absolute atomic E-state index is 0.627. The second kappa shape index (κ2) is 3.00. The van der Waals surface area contributed by atoms with E-state index in [2.05, 4.69) is 20.9 Å². The quantitative estimate of drug-likeness (QED) is 0.668. The van der Waals surface area contributed by atoms with Gasteiger partial charge in [0.25, 0.3) is 0 Å². The fourth-order valence-corrected chi connectivity index (χ4v) is 1.24. The summed E-state index contributed by atoms with van der Waals surface area (Å²) in [6.07, 6.45) is 3.60. The van der Waals surface area contributed by atoms with Gasteiger partial charge in [-0.2, -0.15) is 0 Å². The van der Waals surface area contributed by atoms with Crippen LogP contribution in [0.2, 0.25) is 0 Å². The Morgan fingerprint density at radius 1 is 1.73 bits per heavy atom. The van der Waals surface area contributed by atoms with Gasteiger partial charge in [0.2, 0.25) is 0 Å². The molecule has 4 heteroatoms. The molecule has 5 N–H and O–H groups in total. The molecule has 11 heavy (non-hydrogen) atoms. The number of aromatic nitrogens is 1. The van der Waals surface area contributed by atoms with Gasteiger partial charge in [0.1, 0.15) is 5.82 Å². The van der Waals surface area contributed by atoms with E-state index in [0.29, 0.717) is 5.82 Å². The predicted molar refractivity (Wildman–Crippen MR) is 50.7 cm³/mol. The number of nitrogen functional groups attached to an aromatic ring is 1. The number of nitrogens with one attached hydrogen (secondary N) is 1. The Hall–Kier alpha value is -0.900. The summed E-state index contributed by atoms with van der Waals surface area (Å²) in [7, 11) is 0. The zero-order valence-electron chi connectivity index (χ0n) is 6.19. The van der Waals surface area contributed by atoms with E-state index >= 15 is 0 Å². The van der Waals surface area contributed by atoms with Gasteiger partial charge < -0.3 is 16.5 Å². The van der Waals surface area contributed by atoms with Crippen LogP contribution in [-0.4, -0.2) is 4.98 Å². The summed E-state index contributed by atoms with van der Waals surface area (Å²) in [5.41, 5.74) is 12.7. The fraction of sp³-hybridized carbons (Fsp3) is 0.143. The molecule has 0 unspecified atom stereocenters. The van der Waals surface area contributed by atoms with E-state index in [4.69, 9.17) is 11.5 Å². The summed E-state index contributed by atoms with van der Waals surface area (Å²) in [4.78, 5) is 2.87. The maximum absolute atomic E-state index is 5.60. The molecule has 1 heterocycles. The molecule has 0 spiro atoms. The second-order valence-corrected chi connectivity index (χ2v) is 3.21. The van der Waals surface area contributed by atoms with E-state index in [9.17, 15) is 0 Å². The number of allylic oxidation sites excluding steroid dienone is 1. The smallest absolute Gasteiger partial charge is 0.109 e. The third kappa shape index (κ3) is 1.77. The highest BCUT2D eigenvalue weighted by molar-refractivity contribution is 9.10. The third-order valence-electron chi connectivity index (χ3n) is 1.27. The van der Waals surface area contributed by atoms with Crippen LogP contribution in [0.3, 0.4) is 0 Å². The molecule has 0 bridgehead atoms. The number of H-pyrrole nitrogens is 1. The number of aromatic amines is 1. The molecule has 0 aromatic carbocycles. The molecule has 3 nitrogen and oxygen atoms in total. The largest absolute Gasteiger partial charge is 0.402 e. The molecule has 0 radical (unpaired) electrons. The molecular formula is C7H10BrN3. The number of anilines is 1. The lowest BCUT2D eigenvalue weighted by molar-refractivity contribution is 1.34. The first-order chi connectivity index (χ1) is 5.11. The molecule has 0 amide bonds. The van der Waals surface area contributed by atoms with Crippen LogP contribution >= 0.6 is 15.9 Å². The first-order valence-electron chi connectivity index (χ1n) is 3.17. The average Bonchev–Trinajstić information content (AvgIpc) is 2.18. The van der Waals surface area contributed by atoms with E-state index in [0.717, 1.165) is 15.7 Å². The van der Waals surface area contributed by atoms with Crippen molar-refractivity contribution >= 4 is 27.8 Å². The lowest BCUT2D eigenvalue weighted by Gasteiger charge is -1.93. The van der Waals surface area contributed by atoms with Gasteiger partial charge in [0.05, 0.1) is 0 Å². The van der Waals surface area contributed by atoms with E-state index in [1.807, 2.05) is 13.0 Å². The van der Waals surface area contributed by atoms with Crippen molar-refractivity contribution in [2.24, 2.45) is 5.73 Å². The molecular weight excluding hydrogens is 206 g/mol. The third-order valence-corrected chi connectivity index (χ3v) is 1.93. The van der Waals surface area contributed by atoms with Crippen molar-refractivity contribution in [3.8, 4) is 0 Å². The second-order valence-electron chi connectivity index (χ2n) is 2.35. The van der Waals surface area contributed by atoms with Crippen molar-refractivity contribution in [3.63, 3.8) is 0 Å². The van der Waals surface area contributed by atoms with E-state index in [-0.39, 0.29) is 0 Å². The zero-order chi connectivity index (χ0) is 8.43. The lowest BCUT2D eigenvalue weighted by atomic mass is 10.2. The van der Waals surface area contributed by atoms with Crippen molar-refractivity contribution in [2.75, 3.05) is 5.73 Å². The van der Waals surface area contributed by atoms with E-state index in [1.54, 1.807) is 6.20 Å². The van der Waals surface area contributed by atoms with Crippen LogP contribution in [0.5, 0.6) is 0 Å². The molecule has 0 saturated heterocycles. The molecule has 0 fully saturated rings. The van der Waals surface area contributed by atoms with Crippen LogP contribution in [-0.2, 0) is 0 Å². The number of rotatable bonds is 1. The van der Waals surface area contributed by atoms with Crippen LogP contribution in [0.1, 0.15) is 12.5 Å². The Kier molecular flexibility index (Phi) is 2.24. The minimum atomic E-state index is 0.627. The van der Waals surface area contributed by atoms with Gasteiger partial charge in [-0.1, -0.05) is 0 Å². The summed E-state index contributed by atoms with van der Waals surface area (Å²) in [5, 5.41) is 0. The number of hydrogen-bond acceptors (Lipinski definition) is 2. The Labute approximate surface area is 73.6 Å². The van der Waals surface area contributed by atoms with E-state index < -0.39 is 0 Å². The van der Waals surface area contributed by atoms with Crippen LogP contribution in [0.4, 0.5) is 5.82 Å². The molecule has 1 rings (SSSR count). The monoisotopic (exact) mass is 215 g/mol. The van der Waals surface area contributed by atoms with E-state index in [1.165, 1.54) is 0 Å². The first-order valence-corrected chi connectivity index (χ1v) is 3.96. The first kappa shape index (κ1) is 8.20. The predicted octanol–water partition coefficient (Wildman–Crippen LogP) is 1.68. The van der Waals surface area contributed by atoms with Crippen LogP contribution < -0.4 is 11.5 Å². The summed E-state index contributed by atoms with van der Waals surface area (Å²) < 4.78 is 0.930. The fourth-order valence-electron chi connectivity index (χ4n) is 0.800. The summed E-state index contributed by atoms with van der Waals surface area (Å²) in [6, 6.07) is 0. The summed E-state index contributed by atoms with van der Waals surface area (Å²) in [6.45, 7) is 1.82. The number of nitrogens with two attached hydrogens (primary N) is 2. The molecule has 0 aliphatic heterocycles. The number of hydrogen-bond donors (Lipinski definition) is 3. The zero-order valence-corrected chi connectivity index (χ0v) is 7.77. The molecule has 1 aromatic heterocycles. The van der Waals surface area contributed by atoms with Crippen molar-refractivity contribution in [1.82, 2.24) is 4.98 Å². The SMILES string of the molecule is C/C(N)=C/c1c(Br)c[nH]c1N. The molecule has 0 aliphatic rings. The van der Waals surface area contributed by atoms with Crippen molar-refractivity contribution in [3.05, 3.63) is 21.9 Å². The maximum Gasteiger partial charge on any atom is 0.109 e. The standard InChI is InChI=1S/C7H10BrN3/c1-4(9)2-5-6(8)3-11-7(5)10/h2-3,11H,9-10H2,1H3/b4-2-. The van der Waals surface area contributed by atoms with Crippen molar-refractivity contribution < 1.29 is 0 Å². The van der Waals surface area contributed by atoms with Gasteiger partial charge in [0.15, 0.2) is 0 Å². The normalized spacial score (nSPS) is 12.0. The van der Waals surface area contributed by atoms with Gasteiger partial charge in [0, 0.05) is 21.9 Å². The van der Waals surface area contributed by atoms with Gasteiger partial charge in [-0.15, -0.1) is 0 Å². The summed E-state index contributed by atoms with van der Waals surface area (Å²) >= 11 is 3.33. The Balaban J connectivity index is 3.11. The molecule has 0 saturated carbocycles. The maximum atomic E-state index is 5.60. The topological polar surface area (TPSA) is 67.8 Å². The Bertz CT molecular complexity index is 264. The lowest BCUT2D eigenvalue weighted by Crippen LogP contribution is -1.92. The Morgan fingerprint density at radius 2 is 2.36 bits per heavy atom. The molecule has 0 aliphatic carbocycles. The highest BCUT2D eigenvalue weighted by Crippen LogP contribution is 2.23. The van der Waals surface area contributed by atoms with Gasteiger partial charge in [-0.3, -0.25) is 0 Å². The van der Waals surface area contributed by atoms with Gasteiger partial charge in [-0.25, -0.2) is 0 Å². The highest BCUT2D eigenvalue weighted by Gasteiger charge is 2.02. The minimum Gasteiger partial charge on any atom is -0.402 e. The number of halogens is 1. The highest BCUT2D eigenvalue weighted by atomic mass is 79.9. The van der Waals surface area contributed by atoms with Crippen molar-refractivity contribution in [2.45, 2.75) is 6.92 Å². The van der Waals surface area contributed by atoms with Gasteiger partial charge >= 0.3 is 0 Å². The van der Waals surface area contributed by atoms with Crippen LogP contribution in [0.25, 0.3) is 6.08 Å². The van der Waals surface area contributed by atoms with Crippen LogP contribution in [0, 0.1) is 0 Å². The average molecular weight is 216 g/mol. The van der Waals surface area contributed by atoms with Gasteiger partial charge in [-0.05, 0) is 28.9 Å². The molecule has 0 atom stereocenters. The Morgan fingerprint density at radius 3 is 2.73 bits per heavy atom. The molecule has 1 aromatic rings.